The molecule has 2 heterocycles. The van der Waals surface area contributed by atoms with E-state index >= 15 is 0 Å². The van der Waals surface area contributed by atoms with Crippen LogP contribution in [0.25, 0.3) is 5.82 Å². The van der Waals surface area contributed by atoms with Crippen molar-refractivity contribution in [1.29, 1.82) is 0 Å². The average Bonchev–Trinajstić information content (AvgIpc) is 3.04. The Kier molecular flexibility index (Phi) is 3.97. The number of hydrogen-bond donors (Lipinski definition) is 2. The number of urea groups is 1. The van der Waals surface area contributed by atoms with Crippen LogP contribution in [0, 0.1) is 0 Å². The zero-order chi connectivity index (χ0) is 15.4. The highest BCUT2D eigenvalue weighted by Crippen LogP contribution is 2.14. The lowest BCUT2D eigenvalue weighted by Crippen LogP contribution is -2.20. The number of nitrogens with zero attached hydrogens (tertiary/aromatic N) is 4. The van der Waals surface area contributed by atoms with E-state index in [2.05, 4.69) is 25.6 Å². The maximum absolute atomic E-state index is 11.9. The van der Waals surface area contributed by atoms with Gasteiger partial charge in [0.2, 0.25) is 0 Å². The van der Waals surface area contributed by atoms with Crippen molar-refractivity contribution in [2.24, 2.45) is 0 Å². The Morgan fingerprint density at radius 2 is 1.95 bits per heavy atom. The van der Waals surface area contributed by atoms with Crippen LogP contribution in [0.4, 0.5) is 16.3 Å². The number of rotatable bonds is 3. The summed E-state index contributed by atoms with van der Waals surface area (Å²) in [6.45, 7) is 0. The van der Waals surface area contributed by atoms with Gasteiger partial charge >= 0.3 is 6.03 Å². The molecule has 2 amide bonds. The number of carbonyl (C=O) groups is 1. The number of hydrogen-bond acceptors (Lipinski definition) is 4. The van der Waals surface area contributed by atoms with Crippen LogP contribution in [0.3, 0.4) is 0 Å². The van der Waals surface area contributed by atoms with Gasteiger partial charge in [0.05, 0.1) is 0 Å². The van der Waals surface area contributed by atoms with Crippen LogP contribution in [0.15, 0.2) is 55.4 Å². The number of imidazole rings is 1. The Labute approximate surface area is 131 Å². The van der Waals surface area contributed by atoms with Crippen molar-refractivity contribution >= 4 is 29.1 Å². The molecule has 0 aliphatic carbocycles. The fraction of sp³-hybridized carbons (Fsp3) is 0. The first-order valence-electron chi connectivity index (χ1n) is 6.35. The van der Waals surface area contributed by atoms with Crippen LogP contribution in [0.1, 0.15) is 0 Å². The lowest BCUT2D eigenvalue weighted by Gasteiger charge is -2.08. The molecule has 0 unspecified atom stereocenters. The van der Waals surface area contributed by atoms with Gasteiger partial charge in [0, 0.05) is 29.2 Å². The molecule has 0 bridgehead atoms. The molecule has 0 radical (unpaired) electrons. The third-order valence-corrected chi connectivity index (χ3v) is 3.02. The van der Waals surface area contributed by atoms with E-state index in [0.717, 1.165) is 0 Å². The number of amides is 2. The molecule has 3 aromatic rings. The van der Waals surface area contributed by atoms with Gasteiger partial charge in [-0.1, -0.05) is 11.6 Å². The zero-order valence-electron chi connectivity index (χ0n) is 11.3. The zero-order valence-corrected chi connectivity index (χ0v) is 12.0. The van der Waals surface area contributed by atoms with Crippen LogP contribution in [0.2, 0.25) is 5.02 Å². The fourth-order valence-corrected chi connectivity index (χ4v) is 1.89. The van der Waals surface area contributed by atoms with E-state index in [9.17, 15) is 4.79 Å². The highest BCUT2D eigenvalue weighted by atomic mass is 35.5. The second kappa shape index (κ2) is 6.23. The van der Waals surface area contributed by atoms with Crippen LogP contribution in [-0.2, 0) is 0 Å². The predicted octanol–water partition coefficient (Wildman–Crippen LogP) is 2.96. The highest BCUT2D eigenvalue weighted by Gasteiger charge is 2.06. The summed E-state index contributed by atoms with van der Waals surface area (Å²) < 4.78 is 1.71. The molecule has 2 N–H and O–H groups in total. The van der Waals surface area contributed by atoms with Crippen molar-refractivity contribution in [3.8, 4) is 5.82 Å². The topological polar surface area (TPSA) is 84.7 Å². The van der Waals surface area contributed by atoms with Gasteiger partial charge in [-0.2, -0.15) is 0 Å². The minimum Gasteiger partial charge on any atom is -0.308 e. The SMILES string of the molecule is O=C(Nc1ccc(Cl)cc1)Nc1cc(-n2ccnc2)ncn1. The van der Waals surface area contributed by atoms with Crippen LogP contribution in [0.5, 0.6) is 0 Å². The number of anilines is 2. The predicted molar refractivity (Wildman–Crippen MR) is 83.2 cm³/mol. The molecule has 0 saturated heterocycles. The molecule has 0 atom stereocenters. The van der Waals surface area contributed by atoms with E-state index in [1.54, 1.807) is 53.6 Å². The monoisotopic (exact) mass is 314 g/mol. The Morgan fingerprint density at radius 1 is 1.14 bits per heavy atom. The average molecular weight is 315 g/mol. The smallest absolute Gasteiger partial charge is 0.308 e. The van der Waals surface area contributed by atoms with Crippen LogP contribution < -0.4 is 10.6 Å². The molecule has 0 fully saturated rings. The molecule has 0 aliphatic heterocycles. The summed E-state index contributed by atoms with van der Waals surface area (Å²) in [5.74, 6) is 0.986. The Morgan fingerprint density at radius 3 is 2.68 bits per heavy atom. The van der Waals surface area contributed by atoms with Crippen molar-refractivity contribution < 1.29 is 4.79 Å². The summed E-state index contributed by atoms with van der Waals surface area (Å²) in [6, 6.07) is 8.04. The summed E-state index contributed by atoms with van der Waals surface area (Å²) >= 11 is 5.79. The summed E-state index contributed by atoms with van der Waals surface area (Å²) in [5.41, 5.74) is 0.630. The van der Waals surface area contributed by atoms with E-state index in [1.165, 1.54) is 6.33 Å². The van der Waals surface area contributed by atoms with Gasteiger partial charge in [-0.15, -0.1) is 0 Å². The molecule has 0 spiro atoms. The number of carbonyl (C=O) groups excluding carboxylic acids is 1. The summed E-state index contributed by atoms with van der Waals surface area (Å²) in [6.07, 6.45) is 6.37. The minimum atomic E-state index is -0.405. The van der Waals surface area contributed by atoms with E-state index in [4.69, 9.17) is 11.6 Å². The van der Waals surface area contributed by atoms with E-state index < -0.39 is 6.03 Å². The second-order valence-electron chi connectivity index (χ2n) is 4.32. The van der Waals surface area contributed by atoms with Gasteiger partial charge in [-0.25, -0.2) is 19.7 Å². The van der Waals surface area contributed by atoms with E-state index in [0.29, 0.717) is 22.3 Å². The Balaban J connectivity index is 1.69. The number of nitrogens with one attached hydrogen (secondary N) is 2. The van der Waals surface area contributed by atoms with Crippen molar-refractivity contribution in [3.63, 3.8) is 0 Å². The molecule has 1 aromatic carbocycles. The molecule has 22 heavy (non-hydrogen) atoms. The Hall–Kier alpha value is -2.93. The minimum absolute atomic E-state index is 0.380. The molecule has 0 saturated carbocycles. The summed E-state index contributed by atoms with van der Waals surface area (Å²) in [5, 5.41) is 5.93. The molecular weight excluding hydrogens is 304 g/mol. The van der Waals surface area contributed by atoms with Crippen molar-refractivity contribution in [1.82, 2.24) is 19.5 Å². The van der Waals surface area contributed by atoms with Gasteiger partial charge in [0.1, 0.15) is 24.3 Å². The van der Waals surface area contributed by atoms with E-state index in [-0.39, 0.29) is 0 Å². The summed E-state index contributed by atoms with van der Waals surface area (Å²) in [4.78, 5) is 24.0. The molecule has 3 rings (SSSR count). The molecule has 0 aliphatic rings. The lowest BCUT2D eigenvalue weighted by molar-refractivity contribution is 0.262. The van der Waals surface area contributed by atoms with Gasteiger partial charge in [0.25, 0.3) is 0 Å². The number of aromatic nitrogens is 4. The van der Waals surface area contributed by atoms with Crippen LogP contribution in [-0.4, -0.2) is 25.6 Å². The van der Waals surface area contributed by atoms with Gasteiger partial charge in [-0.05, 0) is 24.3 Å². The first kappa shape index (κ1) is 14.0. The molecule has 2 aromatic heterocycles. The quantitative estimate of drug-likeness (QED) is 0.778. The maximum Gasteiger partial charge on any atom is 0.324 e. The number of benzene rings is 1. The molecule has 110 valence electrons. The largest absolute Gasteiger partial charge is 0.324 e. The number of halogens is 1. The maximum atomic E-state index is 11.9. The standard InChI is InChI=1S/C14H11ClN6O/c15-10-1-3-11(4-2-10)19-14(22)20-12-7-13(18-8-17-12)21-6-5-16-9-21/h1-9H,(H2,17,18,19,20,22). The van der Waals surface area contributed by atoms with Crippen molar-refractivity contribution in [2.45, 2.75) is 0 Å². The van der Waals surface area contributed by atoms with Gasteiger partial charge < -0.3 is 5.32 Å². The Bertz CT molecular complexity index is 772. The normalized spacial score (nSPS) is 10.2. The van der Waals surface area contributed by atoms with Gasteiger partial charge in [0.15, 0.2) is 0 Å². The molecular formula is C14H11ClN6O. The molecule has 7 nitrogen and oxygen atoms in total. The first-order valence-corrected chi connectivity index (χ1v) is 6.72. The first-order chi connectivity index (χ1) is 10.7. The van der Waals surface area contributed by atoms with Crippen molar-refractivity contribution in [3.05, 3.63) is 60.4 Å². The lowest BCUT2D eigenvalue weighted by atomic mass is 10.3. The van der Waals surface area contributed by atoms with Crippen molar-refractivity contribution in [2.75, 3.05) is 10.6 Å². The van der Waals surface area contributed by atoms with Crippen LogP contribution >= 0.6 is 11.6 Å². The third kappa shape index (κ3) is 3.39. The fourth-order valence-electron chi connectivity index (χ4n) is 1.76. The second-order valence-corrected chi connectivity index (χ2v) is 4.75. The summed E-state index contributed by atoms with van der Waals surface area (Å²) in [7, 11) is 0. The van der Waals surface area contributed by atoms with Gasteiger partial charge in [-0.3, -0.25) is 9.88 Å². The van der Waals surface area contributed by atoms with E-state index in [1.807, 2.05) is 0 Å². The highest BCUT2D eigenvalue weighted by molar-refractivity contribution is 6.30. The molecule has 8 heteroatoms. The third-order valence-electron chi connectivity index (χ3n) is 2.77.